The predicted octanol–water partition coefficient (Wildman–Crippen LogP) is 0.611. The molecule has 1 fully saturated rings. The van der Waals surface area contributed by atoms with Crippen LogP contribution in [0.4, 0.5) is 0 Å². The Bertz CT molecular complexity index is 382. The number of hydrogen-bond acceptors (Lipinski definition) is 3. The number of hydrogen-bond donors (Lipinski definition) is 2. The summed E-state index contributed by atoms with van der Waals surface area (Å²) in [6.07, 6.45) is 9.34. The van der Waals surface area contributed by atoms with Gasteiger partial charge in [-0.3, -0.25) is 4.79 Å². The second-order valence-electron chi connectivity index (χ2n) is 4.93. The van der Waals surface area contributed by atoms with Gasteiger partial charge in [0, 0.05) is 38.4 Å². The fraction of sp³-hybridized carbons (Fsp3) is 0.692. The van der Waals surface area contributed by atoms with E-state index in [1.807, 2.05) is 17.8 Å². The van der Waals surface area contributed by atoms with Crippen molar-refractivity contribution in [2.75, 3.05) is 13.1 Å². The van der Waals surface area contributed by atoms with Gasteiger partial charge in [0.1, 0.15) is 5.82 Å². The molecule has 18 heavy (non-hydrogen) atoms. The average molecular weight is 250 g/mol. The van der Waals surface area contributed by atoms with E-state index in [0.29, 0.717) is 12.6 Å². The molecule has 5 heteroatoms. The molecular formula is C13H22N4O. The quantitative estimate of drug-likeness (QED) is 0.727. The Balaban J connectivity index is 1.57. The van der Waals surface area contributed by atoms with E-state index in [4.69, 9.17) is 0 Å². The molecule has 1 heterocycles. The van der Waals surface area contributed by atoms with Crippen molar-refractivity contribution in [2.45, 2.75) is 38.1 Å². The summed E-state index contributed by atoms with van der Waals surface area (Å²) in [5.74, 6) is 1.15. The molecule has 1 aliphatic rings. The van der Waals surface area contributed by atoms with Crippen molar-refractivity contribution in [3.8, 4) is 0 Å². The van der Waals surface area contributed by atoms with Gasteiger partial charge >= 0.3 is 0 Å². The highest BCUT2D eigenvalue weighted by molar-refractivity contribution is 5.78. The van der Waals surface area contributed by atoms with Gasteiger partial charge in [0.25, 0.3) is 0 Å². The Morgan fingerprint density at radius 3 is 2.94 bits per heavy atom. The van der Waals surface area contributed by atoms with Crippen LogP contribution in [-0.4, -0.2) is 34.6 Å². The molecule has 0 aliphatic heterocycles. The van der Waals surface area contributed by atoms with Crippen LogP contribution >= 0.6 is 0 Å². The van der Waals surface area contributed by atoms with Crippen molar-refractivity contribution >= 4 is 5.91 Å². The Morgan fingerprint density at radius 2 is 2.28 bits per heavy atom. The first-order valence-corrected chi connectivity index (χ1v) is 6.72. The molecule has 2 rings (SSSR count). The van der Waals surface area contributed by atoms with Gasteiger partial charge in [0.15, 0.2) is 0 Å². The number of carbonyl (C=O) groups is 1. The monoisotopic (exact) mass is 250 g/mol. The first-order chi connectivity index (χ1) is 8.75. The van der Waals surface area contributed by atoms with Crippen LogP contribution in [0, 0.1) is 0 Å². The van der Waals surface area contributed by atoms with Crippen LogP contribution in [0.15, 0.2) is 12.4 Å². The summed E-state index contributed by atoms with van der Waals surface area (Å²) in [6, 6.07) is 0.411. The molecule has 0 bridgehead atoms. The fourth-order valence-corrected chi connectivity index (χ4v) is 2.39. The minimum Gasteiger partial charge on any atom is -0.352 e. The van der Waals surface area contributed by atoms with E-state index in [-0.39, 0.29) is 5.91 Å². The summed E-state index contributed by atoms with van der Waals surface area (Å²) >= 11 is 0. The van der Waals surface area contributed by atoms with E-state index in [9.17, 15) is 4.79 Å². The van der Waals surface area contributed by atoms with Gasteiger partial charge in [-0.2, -0.15) is 0 Å². The molecule has 1 saturated carbocycles. The van der Waals surface area contributed by atoms with Gasteiger partial charge in [-0.15, -0.1) is 0 Å². The summed E-state index contributed by atoms with van der Waals surface area (Å²) in [7, 11) is 1.98. The summed E-state index contributed by atoms with van der Waals surface area (Å²) < 4.78 is 2.00. The molecule has 1 amide bonds. The van der Waals surface area contributed by atoms with Gasteiger partial charge in [-0.1, -0.05) is 12.8 Å². The highest BCUT2D eigenvalue weighted by atomic mass is 16.1. The van der Waals surface area contributed by atoms with Crippen LogP contribution in [0.5, 0.6) is 0 Å². The molecule has 0 saturated heterocycles. The molecular weight excluding hydrogens is 228 g/mol. The van der Waals surface area contributed by atoms with E-state index >= 15 is 0 Å². The topological polar surface area (TPSA) is 59.0 Å². The lowest BCUT2D eigenvalue weighted by atomic mass is 10.2. The third-order valence-corrected chi connectivity index (χ3v) is 3.45. The minimum atomic E-state index is 0.113. The Labute approximate surface area is 108 Å². The first kappa shape index (κ1) is 13.1. The van der Waals surface area contributed by atoms with Gasteiger partial charge < -0.3 is 15.2 Å². The summed E-state index contributed by atoms with van der Waals surface area (Å²) in [6.45, 7) is 1.18. The maximum Gasteiger partial charge on any atom is 0.234 e. The number of imidazole rings is 1. The van der Waals surface area contributed by atoms with E-state index in [0.717, 1.165) is 31.6 Å². The largest absolute Gasteiger partial charge is 0.352 e. The zero-order valence-corrected chi connectivity index (χ0v) is 11.0. The first-order valence-electron chi connectivity index (χ1n) is 6.72. The van der Waals surface area contributed by atoms with Crippen LogP contribution in [-0.2, 0) is 18.3 Å². The summed E-state index contributed by atoms with van der Waals surface area (Å²) in [5.41, 5.74) is 0. The van der Waals surface area contributed by atoms with E-state index in [2.05, 4.69) is 15.6 Å². The number of aryl methyl sites for hydroxylation is 1. The van der Waals surface area contributed by atoms with Crippen molar-refractivity contribution in [1.29, 1.82) is 0 Å². The van der Waals surface area contributed by atoms with Gasteiger partial charge in [-0.05, 0) is 12.8 Å². The number of nitrogens with one attached hydrogen (secondary N) is 2. The van der Waals surface area contributed by atoms with E-state index in [1.165, 1.54) is 12.8 Å². The standard InChI is InChI=1S/C13H22N4O/c1-17-9-8-15-12(17)6-7-14-10-13(18)16-11-4-2-3-5-11/h8-9,11,14H,2-7,10H2,1H3,(H,16,18). The second kappa shape index (κ2) is 6.54. The Hall–Kier alpha value is -1.36. The van der Waals surface area contributed by atoms with Gasteiger partial charge in [-0.25, -0.2) is 4.98 Å². The molecule has 1 aromatic rings. The average Bonchev–Trinajstić information content (AvgIpc) is 2.97. The Kier molecular flexibility index (Phi) is 4.75. The van der Waals surface area contributed by atoms with Crippen LogP contribution in [0.2, 0.25) is 0 Å². The number of carbonyl (C=O) groups excluding carboxylic acids is 1. The van der Waals surface area contributed by atoms with E-state index < -0.39 is 0 Å². The SMILES string of the molecule is Cn1ccnc1CCNCC(=O)NC1CCCC1. The maximum atomic E-state index is 11.6. The second-order valence-corrected chi connectivity index (χ2v) is 4.93. The van der Waals surface area contributed by atoms with Crippen molar-refractivity contribution in [3.05, 3.63) is 18.2 Å². The molecule has 1 aliphatic carbocycles. The zero-order valence-electron chi connectivity index (χ0n) is 11.0. The highest BCUT2D eigenvalue weighted by Crippen LogP contribution is 2.17. The lowest BCUT2D eigenvalue weighted by molar-refractivity contribution is -0.120. The molecule has 0 atom stereocenters. The lowest BCUT2D eigenvalue weighted by Gasteiger charge is -2.12. The van der Waals surface area contributed by atoms with Crippen LogP contribution in [0.1, 0.15) is 31.5 Å². The molecule has 100 valence electrons. The van der Waals surface area contributed by atoms with Gasteiger partial charge in [0.2, 0.25) is 5.91 Å². The number of rotatable bonds is 6. The van der Waals surface area contributed by atoms with Crippen molar-refractivity contribution < 1.29 is 4.79 Å². The molecule has 5 nitrogen and oxygen atoms in total. The molecule has 1 aromatic heterocycles. The van der Waals surface area contributed by atoms with Crippen molar-refractivity contribution in [1.82, 2.24) is 20.2 Å². The van der Waals surface area contributed by atoms with Crippen LogP contribution in [0.25, 0.3) is 0 Å². The van der Waals surface area contributed by atoms with Crippen molar-refractivity contribution in [3.63, 3.8) is 0 Å². The summed E-state index contributed by atoms with van der Waals surface area (Å²) in [4.78, 5) is 15.9. The van der Waals surface area contributed by atoms with Crippen LogP contribution in [0.3, 0.4) is 0 Å². The molecule has 0 unspecified atom stereocenters. The maximum absolute atomic E-state index is 11.6. The van der Waals surface area contributed by atoms with Crippen molar-refractivity contribution in [2.24, 2.45) is 7.05 Å². The summed E-state index contributed by atoms with van der Waals surface area (Å²) in [5, 5.41) is 6.22. The number of aromatic nitrogens is 2. The third-order valence-electron chi connectivity index (χ3n) is 3.45. The Morgan fingerprint density at radius 1 is 1.50 bits per heavy atom. The zero-order chi connectivity index (χ0) is 12.8. The normalized spacial score (nSPS) is 16.1. The fourth-order valence-electron chi connectivity index (χ4n) is 2.39. The smallest absolute Gasteiger partial charge is 0.234 e. The molecule has 2 N–H and O–H groups in total. The molecule has 0 spiro atoms. The molecule has 0 aromatic carbocycles. The predicted molar refractivity (Wildman–Crippen MR) is 70.2 cm³/mol. The number of nitrogens with zero attached hydrogens (tertiary/aromatic N) is 2. The van der Waals surface area contributed by atoms with Gasteiger partial charge in [0.05, 0.1) is 6.54 Å². The highest BCUT2D eigenvalue weighted by Gasteiger charge is 2.16. The number of amides is 1. The lowest BCUT2D eigenvalue weighted by Crippen LogP contribution is -2.39. The minimum absolute atomic E-state index is 0.113. The third kappa shape index (κ3) is 3.84. The van der Waals surface area contributed by atoms with Crippen LogP contribution < -0.4 is 10.6 Å². The molecule has 0 radical (unpaired) electrons. The van der Waals surface area contributed by atoms with E-state index in [1.54, 1.807) is 6.20 Å².